The van der Waals surface area contributed by atoms with E-state index in [9.17, 15) is 9.59 Å². The molecule has 146 valence electrons. The van der Waals surface area contributed by atoms with E-state index in [2.05, 4.69) is 4.90 Å². The third-order valence-corrected chi connectivity index (χ3v) is 6.60. The van der Waals surface area contributed by atoms with E-state index in [1.807, 2.05) is 31.2 Å². The van der Waals surface area contributed by atoms with Gasteiger partial charge < -0.3 is 14.5 Å². The van der Waals surface area contributed by atoms with Crippen molar-refractivity contribution >= 4 is 23.4 Å². The molecule has 1 aromatic carbocycles. The van der Waals surface area contributed by atoms with Crippen LogP contribution in [0, 0.1) is 11.3 Å². The number of hydrogen-bond donors (Lipinski definition) is 0. The van der Waals surface area contributed by atoms with Crippen LogP contribution < -0.4 is 0 Å². The maximum Gasteiger partial charge on any atom is 0.248 e. The lowest BCUT2D eigenvalue weighted by molar-refractivity contribution is -0.164. The molecule has 2 atom stereocenters. The third kappa shape index (κ3) is 3.59. The lowest BCUT2D eigenvalue weighted by Crippen LogP contribution is -2.67. The number of hydrogen-bond acceptors (Lipinski definition) is 3. The van der Waals surface area contributed by atoms with Gasteiger partial charge in [0.25, 0.3) is 0 Å². The van der Waals surface area contributed by atoms with Crippen LogP contribution in [0.3, 0.4) is 0 Å². The van der Waals surface area contributed by atoms with Crippen LogP contribution in [0.25, 0.3) is 0 Å². The van der Waals surface area contributed by atoms with Crippen molar-refractivity contribution in [2.24, 2.45) is 11.3 Å². The number of nitrogens with zero attached hydrogens (tertiary/aromatic N) is 2. The summed E-state index contributed by atoms with van der Waals surface area (Å²) in [5, 5.41) is 0.693. The van der Waals surface area contributed by atoms with Crippen LogP contribution in [0.1, 0.15) is 31.7 Å². The second-order valence-corrected chi connectivity index (χ2v) is 8.70. The minimum absolute atomic E-state index is 0.0284. The highest BCUT2D eigenvalue weighted by atomic mass is 35.5. The molecule has 3 fully saturated rings. The molecule has 0 unspecified atom stereocenters. The van der Waals surface area contributed by atoms with Gasteiger partial charge in [-0.1, -0.05) is 23.7 Å². The number of amides is 2. The van der Waals surface area contributed by atoms with Gasteiger partial charge in [-0.3, -0.25) is 9.59 Å². The van der Waals surface area contributed by atoms with Gasteiger partial charge in [0.2, 0.25) is 11.8 Å². The Balaban J connectivity index is 1.50. The first-order valence-electron chi connectivity index (χ1n) is 9.92. The lowest BCUT2D eigenvalue weighted by atomic mass is 9.73. The summed E-state index contributed by atoms with van der Waals surface area (Å²) in [5.74, 6) is 0.867. The van der Waals surface area contributed by atoms with Crippen molar-refractivity contribution in [3.8, 4) is 0 Å². The molecule has 4 rings (SSSR count). The fourth-order valence-corrected chi connectivity index (χ4v) is 5.06. The zero-order chi connectivity index (χ0) is 19.0. The molecule has 0 N–H and O–H groups in total. The van der Waals surface area contributed by atoms with Crippen LogP contribution in [-0.4, -0.2) is 60.5 Å². The quantitative estimate of drug-likeness (QED) is 0.750. The molecule has 0 radical (unpaired) electrons. The molecule has 1 aromatic rings. The molecule has 2 saturated heterocycles. The number of carbonyl (C=O) groups is 2. The molecule has 0 aromatic heterocycles. The third-order valence-electron chi connectivity index (χ3n) is 6.35. The summed E-state index contributed by atoms with van der Waals surface area (Å²) in [7, 11) is 0. The van der Waals surface area contributed by atoms with Gasteiger partial charge in [0.1, 0.15) is 6.61 Å². The normalized spacial score (nSPS) is 25.6. The average molecular weight is 391 g/mol. The molecule has 1 saturated carbocycles. The van der Waals surface area contributed by atoms with E-state index in [1.54, 1.807) is 4.90 Å². The van der Waals surface area contributed by atoms with Gasteiger partial charge in [0.15, 0.2) is 0 Å². The predicted octanol–water partition coefficient (Wildman–Crippen LogP) is 2.76. The van der Waals surface area contributed by atoms with Crippen molar-refractivity contribution in [3.63, 3.8) is 0 Å². The van der Waals surface area contributed by atoms with Crippen LogP contribution in [0.15, 0.2) is 24.3 Å². The van der Waals surface area contributed by atoms with Gasteiger partial charge in [-0.25, -0.2) is 0 Å². The molecule has 3 aliphatic rings. The van der Waals surface area contributed by atoms with Gasteiger partial charge in [-0.05, 0) is 56.2 Å². The molecule has 6 heteroatoms. The number of fused-ring (bicyclic) bond motifs is 2. The first-order chi connectivity index (χ1) is 13.0. The lowest BCUT2D eigenvalue weighted by Gasteiger charge is -2.51. The second-order valence-electron chi connectivity index (χ2n) is 8.26. The number of benzene rings is 1. The van der Waals surface area contributed by atoms with Crippen molar-refractivity contribution in [1.82, 2.24) is 9.80 Å². The monoisotopic (exact) mass is 390 g/mol. The van der Waals surface area contributed by atoms with Crippen LogP contribution in [0.4, 0.5) is 0 Å². The van der Waals surface area contributed by atoms with E-state index >= 15 is 0 Å². The minimum atomic E-state index is -0.514. The van der Waals surface area contributed by atoms with Gasteiger partial charge in [-0.2, -0.15) is 0 Å². The Bertz CT molecular complexity index is 715. The molecule has 2 bridgehead atoms. The fraction of sp³-hybridized carbons (Fsp3) is 0.619. The van der Waals surface area contributed by atoms with Gasteiger partial charge in [0.05, 0.1) is 5.41 Å². The SMILES string of the molecule is CCOCC(=O)N1CC(Cc2ccc(Cl)cc2)(C(=O)N2C[C@H]3CC[C@H]2C3)C1. The number of likely N-dealkylation sites (tertiary alicyclic amines) is 2. The Morgan fingerprint density at radius 1 is 1.22 bits per heavy atom. The maximum absolute atomic E-state index is 13.5. The number of rotatable bonds is 6. The van der Waals surface area contributed by atoms with Gasteiger partial charge in [0, 0.05) is 37.3 Å². The maximum atomic E-state index is 13.5. The Morgan fingerprint density at radius 3 is 2.56 bits per heavy atom. The van der Waals surface area contributed by atoms with Crippen LogP contribution in [-0.2, 0) is 20.7 Å². The van der Waals surface area contributed by atoms with Gasteiger partial charge in [-0.15, -0.1) is 0 Å². The second kappa shape index (κ2) is 7.44. The van der Waals surface area contributed by atoms with Crippen molar-refractivity contribution in [2.45, 2.75) is 38.6 Å². The summed E-state index contributed by atoms with van der Waals surface area (Å²) in [5.41, 5.74) is 0.578. The molecule has 2 heterocycles. The highest BCUT2D eigenvalue weighted by Gasteiger charge is 2.55. The first-order valence-corrected chi connectivity index (χ1v) is 10.3. The van der Waals surface area contributed by atoms with Crippen LogP contribution in [0.5, 0.6) is 0 Å². The molecule has 5 nitrogen and oxygen atoms in total. The molecular weight excluding hydrogens is 364 g/mol. The molecule has 1 aliphatic carbocycles. The number of piperidine rings is 1. The molecule has 2 amide bonds. The zero-order valence-corrected chi connectivity index (χ0v) is 16.6. The van der Waals surface area contributed by atoms with Crippen LogP contribution in [0.2, 0.25) is 5.02 Å². The summed E-state index contributed by atoms with van der Waals surface area (Å²) in [6, 6.07) is 8.10. The molecule has 27 heavy (non-hydrogen) atoms. The smallest absolute Gasteiger partial charge is 0.248 e. The van der Waals surface area contributed by atoms with E-state index < -0.39 is 5.41 Å². The van der Waals surface area contributed by atoms with E-state index in [4.69, 9.17) is 16.3 Å². The molecule has 0 spiro atoms. The van der Waals surface area contributed by atoms with Crippen molar-refractivity contribution in [3.05, 3.63) is 34.9 Å². The van der Waals surface area contributed by atoms with E-state index in [-0.39, 0.29) is 18.4 Å². The zero-order valence-electron chi connectivity index (χ0n) is 15.8. The summed E-state index contributed by atoms with van der Waals surface area (Å²) in [4.78, 5) is 29.7. The summed E-state index contributed by atoms with van der Waals surface area (Å²) >= 11 is 6.01. The topological polar surface area (TPSA) is 49.9 Å². The molecular formula is C21H27ClN2O3. The number of halogens is 1. The largest absolute Gasteiger partial charge is 0.372 e. The van der Waals surface area contributed by atoms with E-state index in [0.717, 1.165) is 24.9 Å². The fourth-order valence-electron chi connectivity index (χ4n) is 4.94. The summed E-state index contributed by atoms with van der Waals surface area (Å²) in [6.45, 7) is 4.34. The van der Waals surface area contributed by atoms with E-state index in [1.165, 1.54) is 6.42 Å². The first kappa shape index (κ1) is 18.8. The van der Waals surface area contributed by atoms with Gasteiger partial charge >= 0.3 is 0 Å². The summed E-state index contributed by atoms with van der Waals surface area (Å²) in [6.07, 6.45) is 4.17. The van der Waals surface area contributed by atoms with Crippen LogP contribution >= 0.6 is 11.6 Å². The highest BCUT2D eigenvalue weighted by Crippen LogP contribution is 2.43. The number of ether oxygens (including phenoxy) is 1. The van der Waals surface area contributed by atoms with Crippen molar-refractivity contribution < 1.29 is 14.3 Å². The Morgan fingerprint density at radius 2 is 1.96 bits per heavy atom. The Hall–Kier alpha value is -1.59. The predicted molar refractivity (Wildman–Crippen MR) is 104 cm³/mol. The number of carbonyl (C=O) groups excluding carboxylic acids is 2. The van der Waals surface area contributed by atoms with Crippen molar-refractivity contribution in [2.75, 3.05) is 32.8 Å². The molecule has 2 aliphatic heterocycles. The van der Waals surface area contributed by atoms with E-state index in [0.29, 0.717) is 43.1 Å². The average Bonchev–Trinajstić information content (AvgIpc) is 3.27. The standard InChI is InChI=1S/C21H27ClN2O3/c1-2-27-12-19(25)23-13-21(14-23,10-15-3-6-17(22)7-4-15)20(26)24-11-16-5-8-18(24)9-16/h3-4,6-7,16,18H,2,5,8-14H2,1H3/t16-,18-/m0/s1. The Labute approximate surface area is 165 Å². The minimum Gasteiger partial charge on any atom is -0.372 e. The summed E-state index contributed by atoms with van der Waals surface area (Å²) < 4.78 is 5.25. The highest BCUT2D eigenvalue weighted by molar-refractivity contribution is 6.30. The van der Waals surface area contributed by atoms with Crippen molar-refractivity contribution in [1.29, 1.82) is 0 Å². The Kier molecular flexibility index (Phi) is 5.17.